The zero-order valence-corrected chi connectivity index (χ0v) is 51.5. The number of likely N-dealkylation sites (N-methyl/N-ethyl adjacent to an activating group) is 1. The van der Waals surface area contributed by atoms with Crippen molar-refractivity contribution in [2.45, 2.75) is 277 Å². The van der Waals surface area contributed by atoms with Crippen molar-refractivity contribution < 1.29 is 37.3 Å². The quantitative estimate of drug-likeness (QED) is 0.0161. The van der Waals surface area contributed by atoms with E-state index in [9.17, 15) is 19.0 Å². The molecule has 0 saturated heterocycles. The highest BCUT2D eigenvalue weighted by atomic mass is 31.2. The van der Waals surface area contributed by atoms with E-state index < -0.39 is 26.6 Å². The van der Waals surface area contributed by atoms with E-state index in [-0.39, 0.29) is 24.9 Å². The van der Waals surface area contributed by atoms with Crippen LogP contribution in [-0.2, 0) is 27.9 Å². The zero-order chi connectivity index (χ0) is 56.4. The molecule has 1 amide bonds. The van der Waals surface area contributed by atoms with Crippen LogP contribution in [0.4, 0.5) is 0 Å². The minimum absolute atomic E-state index is 0.0306. The van der Waals surface area contributed by atoms with Crippen molar-refractivity contribution in [3.8, 4) is 0 Å². The van der Waals surface area contributed by atoms with E-state index in [4.69, 9.17) is 13.8 Å². The molecule has 0 aliphatic heterocycles. The first-order valence-corrected chi connectivity index (χ1v) is 33.0. The van der Waals surface area contributed by atoms with Crippen LogP contribution in [0.2, 0.25) is 0 Å². The molecule has 444 valence electrons. The van der Waals surface area contributed by atoms with Crippen molar-refractivity contribution in [2.24, 2.45) is 0 Å². The Morgan fingerprint density at radius 2 is 0.883 bits per heavy atom. The average Bonchev–Trinajstić information content (AvgIpc) is 3.39. The zero-order valence-electron chi connectivity index (χ0n) is 50.6. The summed E-state index contributed by atoms with van der Waals surface area (Å²) >= 11 is 0. The van der Waals surface area contributed by atoms with Crippen molar-refractivity contribution in [1.82, 2.24) is 5.32 Å². The second-order valence-corrected chi connectivity index (χ2v) is 23.6. The topological polar surface area (TPSA) is 114 Å². The number of phosphoric ester groups is 1. The molecule has 0 spiro atoms. The maximum Gasteiger partial charge on any atom is 0.306 e. The minimum atomic E-state index is -4.71. The molecule has 0 heterocycles. The van der Waals surface area contributed by atoms with Gasteiger partial charge < -0.3 is 28.5 Å². The summed E-state index contributed by atoms with van der Waals surface area (Å²) in [4.78, 5) is 39.9. The fraction of sp³-hybridized carbons (Fsp3) is 0.731. The van der Waals surface area contributed by atoms with Crippen LogP contribution in [0.1, 0.15) is 265 Å². The Hall–Kier alpha value is -3.07. The maximum absolute atomic E-state index is 13.5. The molecule has 0 saturated carbocycles. The molecule has 1 N–H and O–H groups in total. The Morgan fingerprint density at radius 1 is 0.481 bits per heavy atom. The Bertz CT molecular complexity index is 1640. The van der Waals surface area contributed by atoms with Crippen LogP contribution in [0.3, 0.4) is 0 Å². The third-order valence-electron chi connectivity index (χ3n) is 13.6. The van der Waals surface area contributed by atoms with Gasteiger partial charge in [-0.25, -0.2) is 0 Å². The highest BCUT2D eigenvalue weighted by molar-refractivity contribution is 7.45. The molecule has 0 aliphatic carbocycles. The summed E-state index contributed by atoms with van der Waals surface area (Å²) in [6.45, 7) is 6.65. The lowest BCUT2D eigenvalue weighted by Gasteiger charge is -2.30. The van der Waals surface area contributed by atoms with Crippen LogP contribution in [0.5, 0.6) is 0 Å². The lowest BCUT2D eigenvalue weighted by Crippen LogP contribution is -2.47. The first kappa shape index (κ1) is 73.9. The van der Waals surface area contributed by atoms with Crippen LogP contribution in [0.25, 0.3) is 0 Å². The number of quaternary nitrogens is 1. The Balaban J connectivity index is 5.06. The number of carbonyl (C=O) groups excluding carboxylic acids is 2. The SMILES string of the molecule is CC/C=C/C=C/C=C\CCCCCCCC(=O)OC(/C=C\CCCCCCCCCCC)C(COP(=O)([O-])OCC[N+](C)(C)C)NC(=O)CCCCCCCCCCCCC/C=C\C/C=C\C/C=C\C/C=C\CCCCC. The number of rotatable bonds is 56. The van der Waals surface area contributed by atoms with E-state index in [1.807, 2.05) is 33.3 Å². The lowest BCUT2D eigenvalue weighted by molar-refractivity contribution is -0.870. The summed E-state index contributed by atoms with van der Waals surface area (Å²) in [6.07, 6.45) is 75.3. The van der Waals surface area contributed by atoms with E-state index in [0.717, 1.165) is 103 Å². The Kier molecular flexibility index (Phi) is 54.0. The van der Waals surface area contributed by atoms with Gasteiger partial charge in [0.1, 0.15) is 19.3 Å². The number of esters is 1. The van der Waals surface area contributed by atoms with Gasteiger partial charge in [0, 0.05) is 12.8 Å². The van der Waals surface area contributed by atoms with E-state index in [2.05, 4.69) is 111 Å². The van der Waals surface area contributed by atoms with Gasteiger partial charge in [-0.05, 0) is 96.0 Å². The number of ether oxygens (including phenoxy) is 1. The molecule has 9 nitrogen and oxygen atoms in total. The van der Waals surface area contributed by atoms with Gasteiger partial charge >= 0.3 is 5.97 Å². The highest BCUT2D eigenvalue weighted by Gasteiger charge is 2.27. The third-order valence-corrected chi connectivity index (χ3v) is 14.5. The molecule has 0 rings (SSSR count). The highest BCUT2D eigenvalue weighted by Crippen LogP contribution is 2.38. The van der Waals surface area contributed by atoms with Gasteiger partial charge in [0.2, 0.25) is 5.91 Å². The molecule has 77 heavy (non-hydrogen) atoms. The summed E-state index contributed by atoms with van der Waals surface area (Å²) in [6, 6.07) is -0.903. The van der Waals surface area contributed by atoms with Crippen LogP contribution < -0.4 is 10.2 Å². The number of allylic oxidation sites excluding steroid dienone is 15. The Morgan fingerprint density at radius 3 is 1.38 bits per heavy atom. The van der Waals surface area contributed by atoms with Crippen molar-refractivity contribution >= 4 is 19.7 Å². The number of phosphoric acid groups is 1. The number of hydrogen-bond donors (Lipinski definition) is 1. The molecule has 0 aromatic carbocycles. The van der Waals surface area contributed by atoms with Gasteiger partial charge in [0.25, 0.3) is 7.82 Å². The number of nitrogens with zero attached hydrogens (tertiary/aromatic N) is 1. The fourth-order valence-corrected chi connectivity index (χ4v) is 9.40. The lowest BCUT2D eigenvalue weighted by atomic mass is 10.0. The largest absolute Gasteiger partial charge is 0.756 e. The van der Waals surface area contributed by atoms with Gasteiger partial charge in [-0.1, -0.05) is 253 Å². The second kappa shape index (κ2) is 56.2. The standard InChI is InChI=1S/C67H119N2O7P/c1-7-10-13-16-19-22-25-27-28-29-30-31-32-33-34-35-36-37-38-39-40-42-44-47-50-53-56-59-66(70)68-64(63-75-77(72,73)74-62-61-69(4,5)6)65(58-55-52-49-46-43-24-21-18-15-12-9-3)76-67(71)60-57-54-51-48-45-41-26-23-20-17-14-11-8-2/h11,14,17,19-20,22-23,26-28,30-31,33-34,55,58,64-65H,7-10,12-13,15-16,18,21,24-25,29,32,35-54,56-57,59-63H2,1-6H3,(H-,68,70,72,73)/b14-11+,20-17+,22-19-,26-23-,28-27-,31-30-,34-33-,58-55-. The number of carbonyl (C=O) groups is 2. The first-order valence-electron chi connectivity index (χ1n) is 31.6. The number of hydrogen-bond acceptors (Lipinski definition) is 7. The molecule has 3 unspecified atom stereocenters. The first-order chi connectivity index (χ1) is 37.4. The van der Waals surface area contributed by atoms with Gasteiger partial charge in [-0.2, -0.15) is 0 Å². The maximum atomic E-state index is 13.5. The summed E-state index contributed by atoms with van der Waals surface area (Å²) in [5.74, 6) is -0.572. The smallest absolute Gasteiger partial charge is 0.306 e. The summed E-state index contributed by atoms with van der Waals surface area (Å²) < 4.78 is 30.3. The molecule has 0 fully saturated rings. The number of amides is 1. The van der Waals surface area contributed by atoms with Crippen LogP contribution >= 0.6 is 7.82 Å². The average molecular weight is 1100 g/mol. The Labute approximate surface area is 475 Å². The van der Waals surface area contributed by atoms with Gasteiger partial charge in [-0.3, -0.25) is 14.2 Å². The number of nitrogens with one attached hydrogen (secondary N) is 1. The van der Waals surface area contributed by atoms with E-state index in [1.165, 1.54) is 122 Å². The molecule has 10 heteroatoms. The van der Waals surface area contributed by atoms with E-state index in [1.54, 1.807) is 0 Å². The molecule has 0 radical (unpaired) electrons. The molecule has 0 aliphatic rings. The predicted octanol–water partition coefficient (Wildman–Crippen LogP) is 18.9. The van der Waals surface area contributed by atoms with Crippen molar-refractivity contribution in [2.75, 3.05) is 40.9 Å². The monoisotopic (exact) mass is 1090 g/mol. The van der Waals surface area contributed by atoms with Crippen LogP contribution in [-0.4, -0.2) is 69.4 Å². The van der Waals surface area contributed by atoms with Gasteiger partial charge in [-0.15, -0.1) is 0 Å². The van der Waals surface area contributed by atoms with Crippen molar-refractivity contribution in [3.63, 3.8) is 0 Å². The van der Waals surface area contributed by atoms with Crippen LogP contribution in [0, 0.1) is 0 Å². The molecular formula is C67H119N2O7P. The van der Waals surface area contributed by atoms with E-state index >= 15 is 0 Å². The summed E-state index contributed by atoms with van der Waals surface area (Å²) in [7, 11) is 1.16. The molecule has 0 aromatic heterocycles. The van der Waals surface area contributed by atoms with Crippen molar-refractivity contribution in [1.29, 1.82) is 0 Å². The van der Waals surface area contributed by atoms with Crippen molar-refractivity contribution in [3.05, 3.63) is 97.2 Å². The molecular weight excluding hydrogens is 976 g/mol. The minimum Gasteiger partial charge on any atom is -0.756 e. The van der Waals surface area contributed by atoms with Gasteiger partial charge in [0.05, 0.1) is 33.8 Å². The third kappa shape index (κ3) is 57.4. The predicted molar refractivity (Wildman–Crippen MR) is 330 cm³/mol. The normalized spacial score (nSPS) is 14.3. The van der Waals surface area contributed by atoms with E-state index in [0.29, 0.717) is 23.9 Å². The fourth-order valence-electron chi connectivity index (χ4n) is 8.68. The number of unbranched alkanes of at least 4 members (excludes halogenated alkanes) is 28. The van der Waals surface area contributed by atoms with Crippen LogP contribution in [0.15, 0.2) is 97.2 Å². The van der Waals surface area contributed by atoms with Gasteiger partial charge in [0.15, 0.2) is 0 Å². The molecule has 0 aromatic rings. The molecule has 0 bridgehead atoms. The second-order valence-electron chi connectivity index (χ2n) is 22.2. The molecule has 3 atom stereocenters. The summed E-state index contributed by atoms with van der Waals surface area (Å²) in [5.41, 5.74) is 0. The summed E-state index contributed by atoms with van der Waals surface area (Å²) in [5, 5.41) is 3.02.